The van der Waals surface area contributed by atoms with E-state index >= 15 is 0 Å². The molecule has 1 aromatic carbocycles. The predicted molar refractivity (Wildman–Crippen MR) is 85.3 cm³/mol. The molecule has 0 unspecified atom stereocenters. The van der Waals surface area contributed by atoms with Gasteiger partial charge in [-0.05, 0) is 56.2 Å². The maximum atomic E-state index is 6.14. The third-order valence-electron chi connectivity index (χ3n) is 4.11. The molecule has 2 aromatic rings. The number of benzene rings is 1. The average molecular weight is 298 g/mol. The molecule has 0 saturated heterocycles. The van der Waals surface area contributed by atoms with Crippen LogP contribution in [0.1, 0.15) is 36.9 Å². The molecular formula is C18H22N2O2. The van der Waals surface area contributed by atoms with E-state index in [0.717, 1.165) is 42.9 Å². The Hall–Kier alpha value is -2.10. The summed E-state index contributed by atoms with van der Waals surface area (Å²) in [6.07, 6.45) is 12.2. The molecule has 0 N–H and O–H groups in total. The standard InChI is InChI=1S/C18H22N2O2/c1-21-17-9-7-14(6-8-15-13-19-10-11-20-15)12-18(17)22-16-4-2-3-5-16/h7,9-13,16H,2-6,8H2,1H3. The van der Waals surface area contributed by atoms with E-state index in [2.05, 4.69) is 22.1 Å². The molecule has 0 radical (unpaired) electrons. The van der Waals surface area contributed by atoms with Crippen molar-refractivity contribution in [3.63, 3.8) is 0 Å². The van der Waals surface area contributed by atoms with E-state index in [4.69, 9.17) is 9.47 Å². The molecule has 0 atom stereocenters. The summed E-state index contributed by atoms with van der Waals surface area (Å²) in [5, 5.41) is 0. The molecule has 0 aliphatic heterocycles. The number of aryl methyl sites for hydroxylation is 2. The minimum Gasteiger partial charge on any atom is -0.493 e. The molecular weight excluding hydrogens is 276 g/mol. The Balaban J connectivity index is 1.69. The van der Waals surface area contributed by atoms with Gasteiger partial charge in [-0.25, -0.2) is 0 Å². The summed E-state index contributed by atoms with van der Waals surface area (Å²) in [6, 6.07) is 6.19. The summed E-state index contributed by atoms with van der Waals surface area (Å²) in [5.74, 6) is 1.68. The van der Waals surface area contributed by atoms with Gasteiger partial charge >= 0.3 is 0 Å². The molecule has 1 heterocycles. The van der Waals surface area contributed by atoms with Crippen molar-refractivity contribution >= 4 is 0 Å². The van der Waals surface area contributed by atoms with Crippen LogP contribution in [0, 0.1) is 0 Å². The fraction of sp³-hybridized carbons (Fsp3) is 0.444. The summed E-state index contributed by atoms with van der Waals surface area (Å²) in [4.78, 5) is 8.42. The summed E-state index contributed by atoms with van der Waals surface area (Å²) in [6.45, 7) is 0. The van der Waals surface area contributed by atoms with Gasteiger partial charge in [0.2, 0.25) is 0 Å². The number of hydrogen-bond acceptors (Lipinski definition) is 4. The second-order valence-corrected chi connectivity index (χ2v) is 5.71. The van der Waals surface area contributed by atoms with Crippen LogP contribution < -0.4 is 9.47 Å². The molecule has 1 aliphatic rings. The molecule has 1 aromatic heterocycles. The zero-order chi connectivity index (χ0) is 15.2. The van der Waals surface area contributed by atoms with Crippen molar-refractivity contribution in [1.29, 1.82) is 0 Å². The van der Waals surface area contributed by atoms with Crippen LogP contribution in [0.25, 0.3) is 0 Å². The number of aromatic nitrogens is 2. The monoisotopic (exact) mass is 298 g/mol. The van der Waals surface area contributed by atoms with E-state index in [9.17, 15) is 0 Å². The Kier molecular flexibility index (Phi) is 4.88. The minimum absolute atomic E-state index is 0.337. The maximum Gasteiger partial charge on any atom is 0.161 e. The fourth-order valence-electron chi connectivity index (χ4n) is 2.89. The molecule has 0 bridgehead atoms. The van der Waals surface area contributed by atoms with Crippen LogP contribution in [-0.2, 0) is 12.8 Å². The predicted octanol–water partition coefficient (Wildman–Crippen LogP) is 3.59. The quantitative estimate of drug-likeness (QED) is 0.817. The molecule has 0 spiro atoms. The molecule has 1 saturated carbocycles. The topological polar surface area (TPSA) is 44.2 Å². The second kappa shape index (κ2) is 7.25. The SMILES string of the molecule is COc1ccc(CCc2cnccn2)cc1OC1CCCC1. The first-order valence-electron chi connectivity index (χ1n) is 7.93. The number of nitrogens with zero attached hydrogens (tertiary/aromatic N) is 2. The van der Waals surface area contributed by atoms with Crippen LogP contribution in [0.5, 0.6) is 11.5 Å². The Morgan fingerprint density at radius 2 is 1.95 bits per heavy atom. The van der Waals surface area contributed by atoms with Gasteiger partial charge in [0.05, 0.1) is 18.9 Å². The van der Waals surface area contributed by atoms with Crippen molar-refractivity contribution in [2.45, 2.75) is 44.6 Å². The van der Waals surface area contributed by atoms with Crippen LogP contribution in [0.4, 0.5) is 0 Å². The highest BCUT2D eigenvalue weighted by molar-refractivity contribution is 5.43. The third kappa shape index (κ3) is 3.75. The van der Waals surface area contributed by atoms with Crippen molar-refractivity contribution in [3.8, 4) is 11.5 Å². The number of ether oxygens (including phenoxy) is 2. The van der Waals surface area contributed by atoms with E-state index in [0.29, 0.717) is 6.10 Å². The van der Waals surface area contributed by atoms with Crippen LogP contribution >= 0.6 is 0 Å². The third-order valence-corrected chi connectivity index (χ3v) is 4.11. The summed E-state index contributed by atoms with van der Waals surface area (Å²) in [5.41, 5.74) is 2.25. The van der Waals surface area contributed by atoms with Gasteiger partial charge in [-0.3, -0.25) is 9.97 Å². The number of hydrogen-bond donors (Lipinski definition) is 0. The Morgan fingerprint density at radius 3 is 2.68 bits per heavy atom. The molecule has 0 amide bonds. The van der Waals surface area contributed by atoms with Gasteiger partial charge in [-0.15, -0.1) is 0 Å². The van der Waals surface area contributed by atoms with Gasteiger partial charge in [-0.2, -0.15) is 0 Å². The van der Waals surface area contributed by atoms with Crippen molar-refractivity contribution < 1.29 is 9.47 Å². The highest BCUT2D eigenvalue weighted by atomic mass is 16.5. The van der Waals surface area contributed by atoms with E-state index in [1.54, 1.807) is 19.5 Å². The summed E-state index contributed by atoms with van der Waals surface area (Å²) >= 11 is 0. The Labute approximate surface area is 131 Å². The largest absolute Gasteiger partial charge is 0.493 e. The molecule has 116 valence electrons. The molecule has 1 fully saturated rings. The van der Waals surface area contributed by atoms with Crippen LogP contribution in [0.3, 0.4) is 0 Å². The van der Waals surface area contributed by atoms with E-state index in [1.807, 2.05) is 12.3 Å². The lowest BCUT2D eigenvalue weighted by atomic mass is 10.1. The van der Waals surface area contributed by atoms with Gasteiger partial charge in [-0.1, -0.05) is 6.07 Å². The Bertz CT molecular complexity index is 595. The van der Waals surface area contributed by atoms with Gasteiger partial charge in [0.25, 0.3) is 0 Å². The molecule has 3 rings (SSSR count). The lowest BCUT2D eigenvalue weighted by Gasteiger charge is -2.17. The lowest BCUT2D eigenvalue weighted by molar-refractivity contribution is 0.200. The van der Waals surface area contributed by atoms with Crippen molar-refractivity contribution in [2.24, 2.45) is 0 Å². The smallest absolute Gasteiger partial charge is 0.161 e. The highest BCUT2D eigenvalue weighted by Crippen LogP contribution is 2.32. The van der Waals surface area contributed by atoms with E-state index in [1.165, 1.54) is 18.4 Å². The lowest BCUT2D eigenvalue weighted by Crippen LogP contribution is -2.11. The second-order valence-electron chi connectivity index (χ2n) is 5.71. The van der Waals surface area contributed by atoms with E-state index in [-0.39, 0.29) is 0 Å². The average Bonchev–Trinajstić information content (AvgIpc) is 3.07. The first kappa shape index (κ1) is 14.8. The van der Waals surface area contributed by atoms with E-state index < -0.39 is 0 Å². The molecule has 1 aliphatic carbocycles. The number of methoxy groups -OCH3 is 1. The van der Waals surface area contributed by atoms with Gasteiger partial charge < -0.3 is 9.47 Å². The maximum absolute atomic E-state index is 6.14. The van der Waals surface area contributed by atoms with Crippen LogP contribution in [-0.4, -0.2) is 23.2 Å². The fourth-order valence-corrected chi connectivity index (χ4v) is 2.89. The van der Waals surface area contributed by atoms with Crippen LogP contribution in [0.15, 0.2) is 36.8 Å². The molecule has 4 heteroatoms. The zero-order valence-corrected chi connectivity index (χ0v) is 13.0. The van der Waals surface area contributed by atoms with Crippen molar-refractivity contribution in [1.82, 2.24) is 9.97 Å². The van der Waals surface area contributed by atoms with Crippen molar-refractivity contribution in [3.05, 3.63) is 48.0 Å². The van der Waals surface area contributed by atoms with Crippen LogP contribution in [0.2, 0.25) is 0 Å². The molecule has 4 nitrogen and oxygen atoms in total. The summed E-state index contributed by atoms with van der Waals surface area (Å²) < 4.78 is 11.6. The Morgan fingerprint density at radius 1 is 1.09 bits per heavy atom. The van der Waals surface area contributed by atoms with Crippen molar-refractivity contribution in [2.75, 3.05) is 7.11 Å². The zero-order valence-electron chi connectivity index (χ0n) is 13.0. The number of rotatable bonds is 6. The minimum atomic E-state index is 0.337. The molecule has 22 heavy (non-hydrogen) atoms. The van der Waals surface area contributed by atoms with Gasteiger partial charge in [0, 0.05) is 18.6 Å². The highest BCUT2D eigenvalue weighted by Gasteiger charge is 2.18. The van der Waals surface area contributed by atoms with Gasteiger partial charge in [0.1, 0.15) is 0 Å². The normalized spacial score (nSPS) is 15.0. The first-order chi connectivity index (χ1) is 10.8. The summed E-state index contributed by atoms with van der Waals surface area (Å²) in [7, 11) is 1.69. The van der Waals surface area contributed by atoms with Gasteiger partial charge in [0.15, 0.2) is 11.5 Å². The first-order valence-corrected chi connectivity index (χ1v) is 7.93.